The van der Waals surface area contributed by atoms with E-state index in [0.29, 0.717) is 0 Å². The van der Waals surface area contributed by atoms with Crippen LogP contribution in [0, 0.1) is 0 Å². The lowest BCUT2D eigenvalue weighted by molar-refractivity contribution is 0.255. The zero-order chi connectivity index (χ0) is 10.7. The smallest absolute Gasteiger partial charge is 0.110 e. The van der Waals surface area contributed by atoms with Gasteiger partial charge in [-0.25, -0.2) is 0 Å². The Morgan fingerprint density at radius 1 is 1.33 bits per heavy atom. The Morgan fingerprint density at radius 2 is 2.07 bits per heavy atom. The SMILES string of the molecule is CCCC1(CCC)NCCc2occc21. The van der Waals surface area contributed by atoms with Gasteiger partial charge < -0.3 is 9.73 Å². The van der Waals surface area contributed by atoms with E-state index in [2.05, 4.69) is 25.2 Å². The molecule has 0 atom stereocenters. The van der Waals surface area contributed by atoms with Gasteiger partial charge in [0.05, 0.1) is 6.26 Å². The zero-order valence-corrected chi connectivity index (χ0v) is 9.81. The third kappa shape index (κ3) is 1.83. The first kappa shape index (κ1) is 10.7. The predicted molar refractivity (Wildman–Crippen MR) is 61.9 cm³/mol. The molecule has 2 heterocycles. The molecule has 0 bridgehead atoms. The van der Waals surface area contributed by atoms with Gasteiger partial charge in [0.15, 0.2) is 0 Å². The Bertz CT molecular complexity index is 310. The van der Waals surface area contributed by atoms with E-state index < -0.39 is 0 Å². The molecule has 84 valence electrons. The van der Waals surface area contributed by atoms with Crippen molar-refractivity contribution in [3.8, 4) is 0 Å². The fourth-order valence-corrected chi connectivity index (χ4v) is 2.90. The summed E-state index contributed by atoms with van der Waals surface area (Å²) < 4.78 is 5.56. The van der Waals surface area contributed by atoms with E-state index in [1.165, 1.54) is 37.0 Å². The second-order valence-corrected chi connectivity index (χ2v) is 4.52. The average molecular weight is 207 g/mol. The van der Waals surface area contributed by atoms with Crippen LogP contribution in [0.2, 0.25) is 0 Å². The molecule has 0 fully saturated rings. The Labute approximate surface area is 92.1 Å². The van der Waals surface area contributed by atoms with Crippen LogP contribution in [0.15, 0.2) is 16.7 Å². The minimum absolute atomic E-state index is 0.198. The number of fused-ring (bicyclic) bond motifs is 1. The lowest BCUT2D eigenvalue weighted by atomic mass is 9.79. The number of nitrogens with one attached hydrogen (secondary N) is 1. The number of furan rings is 1. The summed E-state index contributed by atoms with van der Waals surface area (Å²) in [5, 5.41) is 3.72. The molecule has 1 aromatic rings. The highest BCUT2D eigenvalue weighted by molar-refractivity contribution is 5.29. The van der Waals surface area contributed by atoms with Crippen LogP contribution in [0.1, 0.15) is 50.9 Å². The molecule has 0 spiro atoms. The van der Waals surface area contributed by atoms with Crippen LogP contribution in [0.5, 0.6) is 0 Å². The van der Waals surface area contributed by atoms with Gasteiger partial charge in [-0.15, -0.1) is 0 Å². The van der Waals surface area contributed by atoms with Crippen molar-refractivity contribution >= 4 is 0 Å². The molecule has 2 nitrogen and oxygen atoms in total. The van der Waals surface area contributed by atoms with Gasteiger partial charge in [0, 0.05) is 24.1 Å². The Kier molecular flexibility index (Phi) is 3.15. The second-order valence-electron chi connectivity index (χ2n) is 4.52. The molecule has 2 rings (SSSR count). The Balaban J connectivity index is 2.33. The summed E-state index contributed by atoms with van der Waals surface area (Å²) in [4.78, 5) is 0. The first-order valence-corrected chi connectivity index (χ1v) is 6.14. The largest absolute Gasteiger partial charge is 0.469 e. The third-order valence-corrected chi connectivity index (χ3v) is 3.43. The van der Waals surface area contributed by atoms with Gasteiger partial charge in [0.1, 0.15) is 5.76 Å². The molecule has 2 heteroatoms. The van der Waals surface area contributed by atoms with Crippen LogP contribution in [-0.4, -0.2) is 6.54 Å². The van der Waals surface area contributed by atoms with Crippen LogP contribution >= 0.6 is 0 Å². The molecular weight excluding hydrogens is 186 g/mol. The molecule has 1 aromatic heterocycles. The lowest BCUT2D eigenvalue weighted by Gasteiger charge is -2.38. The van der Waals surface area contributed by atoms with Crippen LogP contribution < -0.4 is 5.32 Å². The maximum Gasteiger partial charge on any atom is 0.110 e. The topological polar surface area (TPSA) is 25.2 Å². The normalized spacial score (nSPS) is 18.8. The summed E-state index contributed by atoms with van der Waals surface area (Å²) >= 11 is 0. The van der Waals surface area contributed by atoms with Gasteiger partial charge >= 0.3 is 0 Å². The fourth-order valence-electron chi connectivity index (χ4n) is 2.90. The van der Waals surface area contributed by atoms with E-state index in [4.69, 9.17) is 4.42 Å². The standard InChI is InChI=1S/C13H21NO/c1-3-7-13(8-4-2)11-6-10-15-12(11)5-9-14-13/h6,10,14H,3-5,7-9H2,1-2H3. The lowest BCUT2D eigenvalue weighted by Crippen LogP contribution is -2.46. The van der Waals surface area contributed by atoms with E-state index in [1.54, 1.807) is 0 Å². The Morgan fingerprint density at radius 3 is 2.73 bits per heavy atom. The Hall–Kier alpha value is -0.760. The van der Waals surface area contributed by atoms with Crippen molar-refractivity contribution in [3.63, 3.8) is 0 Å². The highest BCUT2D eigenvalue weighted by Gasteiger charge is 2.36. The maximum atomic E-state index is 5.56. The first-order valence-electron chi connectivity index (χ1n) is 6.14. The summed E-state index contributed by atoms with van der Waals surface area (Å²) in [5.74, 6) is 1.20. The molecule has 0 aliphatic carbocycles. The van der Waals surface area contributed by atoms with Crippen molar-refractivity contribution in [2.45, 2.75) is 51.5 Å². The van der Waals surface area contributed by atoms with Gasteiger partial charge in [-0.05, 0) is 18.9 Å². The van der Waals surface area contributed by atoms with Crippen LogP contribution in [0.4, 0.5) is 0 Å². The molecule has 0 aromatic carbocycles. The summed E-state index contributed by atoms with van der Waals surface area (Å²) in [5.41, 5.74) is 1.61. The molecule has 1 aliphatic heterocycles. The molecule has 0 saturated carbocycles. The monoisotopic (exact) mass is 207 g/mol. The summed E-state index contributed by atoms with van der Waals surface area (Å²) in [6, 6.07) is 2.16. The van der Waals surface area contributed by atoms with Crippen molar-refractivity contribution in [3.05, 3.63) is 23.7 Å². The van der Waals surface area contributed by atoms with E-state index in [1.807, 2.05) is 6.26 Å². The van der Waals surface area contributed by atoms with Crippen molar-refractivity contribution in [2.75, 3.05) is 6.54 Å². The van der Waals surface area contributed by atoms with E-state index in [-0.39, 0.29) is 5.54 Å². The maximum absolute atomic E-state index is 5.56. The summed E-state index contributed by atoms with van der Waals surface area (Å²) in [6.45, 7) is 5.57. The van der Waals surface area contributed by atoms with Crippen molar-refractivity contribution in [1.82, 2.24) is 5.32 Å². The summed E-state index contributed by atoms with van der Waals surface area (Å²) in [7, 11) is 0. The van der Waals surface area contributed by atoms with Crippen molar-refractivity contribution in [2.24, 2.45) is 0 Å². The molecule has 0 saturated heterocycles. The molecule has 1 aliphatic rings. The van der Waals surface area contributed by atoms with Gasteiger partial charge in [-0.1, -0.05) is 26.7 Å². The average Bonchev–Trinajstić information content (AvgIpc) is 2.68. The fraction of sp³-hybridized carbons (Fsp3) is 0.692. The highest BCUT2D eigenvalue weighted by atomic mass is 16.3. The zero-order valence-electron chi connectivity index (χ0n) is 9.81. The molecule has 15 heavy (non-hydrogen) atoms. The minimum Gasteiger partial charge on any atom is -0.469 e. The molecule has 1 N–H and O–H groups in total. The van der Waals surface area contributed by atoms with Gasteiger partial charge in [-0.2, -0.15) is 0 Å². The van der Waals surface area contributed by atoms with Crippen molar-refractivity contribution < 1.29 is 4.42 Å². The third-order valence-electron chi connectivity index (χ3n) is 3.43. The molecule has 0 radical (unpaired) electrons. The van der Waals surface area contributed by atoms with Crippen LogP contribution in [0.3, 0.4) is 0 Å². The number of hydrogen-bond donors (Lipinski definition) is 1. The van der Waals surface area contributed by atoms with Crippen LogP contribution in [0.25, 0.3) is 0 Å². The van der Waals surface area contributed by atoms with Crippen molar-refractivity contribution in [1.29, 1.82) is 0 Å². The van der Waals surface area contributed by atoms with Crippen LogP contribution in [-0.2, 0) is 12.0 Å². The molecule has 0 unspecified atom stereocenters. The van der Waals surface area contributed by atoms with Gasteiger partial charge in [-0.3, -0.25) is 0 Å². The number of hydrogen-bond acceptors (Lipinski definition) is 2. The predicted octanol–water partition coefficient (Wildman–Crippen LogP) is 3.22. The number of rotatable bonds is 4. The van der Waals surface area contributed by atoms with Gasteiger partial charge in [0.25, 0.3) is 0 Å². The van der Waals surface area contributed by atoms with E-state index in [0.717, 1.165) is 13.0 Å². The molecular formula is C13H21NO. The quantitative estimate of drug-likeness (QED) is 0.820. The highest BCUT2D eigenvalue weighted by Crippen LogP contribution is 2.37. The summed E-state index contributed by atoms with van der Waals surface area (Å²) in [6.07, 6.45) is 7.76. The minimum atomic E-state index is 0.198. The second kappa shape index (κ2) is 4.40. The van der Waals surface area contributed by atoms with E-state index >= 15 is 0 Å². The first-order chi connectivity index (χ1) is 7.32. The van der Waals surface area contributed by atoms with Gasteiger partial charge in [0.2, 0.25) is 0 Å². The van der Waals surface area contributed by atoms with E-state index in [9.17, 15) is 0 Å². The molecule has 0 amide bonds.